The molecule has 0 aliphatic carbocycles. The summed E-state index contributed by atoms with van der Waals surface area (Å²) in [4.78, 5) is 15.9. The Bertz CT molecular complexity index is 568. The number of hydrogen-bond acceptors (Lipinski definition) is 5. The molecule has 0 saturated carbocycles. The predicted octanol–water partition coefficient (Wildman–Crippen LogP) is 0.970. The van der Waals surface area contributed by atoms with Crippen molar-refractivity contribution in [2.75, 3.05) is 11.9 Å². The average molecular weight is 258 g/mol. The highest BCUT2D eigenvalue weighted by Gasteiger charge is 2.24. The van der Waals surface area contributed by atoms with Crippen LogP contribution >= 0.6 is 0 Å². The van der Waals surface area contributed by atoms with Gasteiger partial charge in [-0.3, -0.25) is 4.79 Å². The number of carbonyl (C=O) groups excluding carboxylic acids is 1. The van der Waals surface area contributed by atoms with Gasteiger partial charge in [0, 0.05) is 12.2 Å². The van der Waals surface area contributed by atoms with E-state index in [1.165, 1.54) is 12.0 Å². The molecule has 1 unspecified atom stereocenters. The molecule has 98 valence electrons. The second kappa shape index (κ2) is 5.09. The van der Waals surface area contributed by atoms with Crippen LogP contribution in [0.5, 0.6) is 0 Å². The number of rotatable bonds is 3. The summed E-state index contributed by atoms with van der Waals surface area (Å²) in [5, 5.41) is 9.75. The molecule has 0 bridgehead atoms. The van der Waals surface area contributed by atoms with Crippen LogP contribution in [0.2, 0.25) is 0 Å². The van der Waals surface area contributed by atoms with E-state index in [4.69, 9.17) is 0 Å². The molecule has 1 aliphatic rings. The molecule has 19 heavy (non-hydrogen) atoms. The summed E-state index contributed by atoms with van der Waals surface area (Å²) in [6.07, 6.45) is 2.00. The van der Waals surface area contributed by atoms with Gasteiger partial charge in [0.1, 0.15) is 0 Å². The van der Waals surface area contributed by atoms with Gasteiger partial charge in [0.25, 0.3) is 0 Å². The van der Waals surface area contributed by atoms with Crippen LogP contribution in [-0.4, -0.2) is 22.6 Å². The van der Waals surface area contributed by atoms with Gasteiger partial charge in [-0.2, -0.15) is 4.98 Å². The summed E-state index contributed by atoms with van der Waals surface area (Å²) in [7, 11) is 0. The van der Waals surface area contributed by atoms with Crippen LogP contribution < -0.4 is 10.6 Å². The van der Waals surface area contributed by atoms with E-state index >= 15 is 0 Å². The SMILES string of the molecule is O=C(NCc1ncon1)C1CNc2ccccc2C1. The first kappa shape index (κ1) is 11.7. The molecule has 2 N–H and O–H groups in total. The van der Waals surface area contributed by atoms with E-state index in [1.807, 2.05) is 24.3 Å². The van der Waals surface area contributed by atoms with Crippen LogP contribution in [0.15, 0.2) is 35.2 Å². The molecule has 2 heterocycles. The summed E-state index contributed by atoms with van der Waals surface area (Å²) in [6, 6.07) is 8.05. The Labute approximate surface area is 110 Å². The Morgan fingerprint density at radius 2 is 2.37 bits per heavy atom. The summed E-state index contributed by atoms with van der Waals surface area (Å²) < 4.78 is 4.61. The van der Waals surface area contributed by atoms with Crippen LogP contribution in [0, 0.1) is 5.92 Å². The summed E-state index contributed by atoms with van der Waals surface area (Å²) >= 11 is 0. The number of para-hydroxylation sites is 1. The third-order valence-corrected chi connectivity index (χ3v) is 3.22. The van der Waals surface area contributed by atoms with Crippen LogP contribution in [-0.2, 0) is 17.8 Å². The van der Waals surface area contributed by atoms with Crippen molar-refractivity contribution >= 4 is 11.6 Å². The minimum atomic E-state index is -0.0678. The van der Waals surface area contributed by atoms with Crippen molar-refractivity contribution < 1.29 is 9.32 Å². The molecule has 6 heteroatoms. The first-order valence-corrected chi connectivity index (χ1v) is 6.17. The Hall–Kier alpha value is -2.37. The highest BCUT2D eigenvalue weighted by molar-refractivity contribution is 5.80. The molecule has 1 aromatic carbocycles. The van der Waals surface area contributed by atoms with Crippen molar-refractivity contribution in [1.82, 2.24) is 15.5 Å². The van der Waals surface area contributed by atoms with E-state index in [-0.39, 0.29) is 11.8 Å². The number of benzene rings is 1. The highest BCUT2D eigenvalue weighted by Crippen LogP contribution is 2.24. The topological polar surface area (TPSA) is 80.1 Å². The second-order valence-corrected chi connectivity index (χ2v) is 4.50. The van der Waals surface area contributed by atoms with Crippen LogP contribution in [0.25, 0.3) is 0 Å². The molecule has 1 aliphatic heterocycles. The average Bonchev–Trinajstić information content (AvgIpc) is 2.97. The smallest absolute Gasteiger partial charge is 0.225 e. The minimum absolute atomic E-state index is 0.00630. The summed E-state index contributed by atoms with van der Waals surface area (Å²) in [6.45, 7) is 0.947. The molecule has 1 aromatic heterocycles. The molecule has 0 saturated heterocycles. The van der Waals surface area contributed by atoms with E-state index in [2.05, 4.69) is 25.3 Å². The lowest BCUT2D eigenvalue weighted by atomic mass is 9.93. The number of fused-ring (bicyclic) bond motifs is 1. The summed E-state index contributed by atoms with van der Waals surface area (Å²) in [5.41, 5.74) is 2.29. The zero-order chi connectivity index (χ0) is 13.1. The zero-order valence-electron chi connectivity index (χ0n) is 10.3. The van der Waals surface area contributed by atoms with Gasteiger partial charge in [-0.15, -0.1) is 0 Å². The molecule has 0 fully saturated rings. The molecule has 1 amide bonds. The predicted molar refractivity (Wildman–Crippen MR) is 68.3 cm³/mol. The fourth-order valence-electron chi connectivity index (χ4n) is 2.21. The van der Waals surface area contributed by atoms with Gasteiger partial charge in [0.2, 0.25) is 12.3 Å². The monoisotopic (exact) mass is 258 g/mol. The lowest BCUT2D eigenvalue weighted by Crippen LogP contribution is -2.38. The number of nitrogens with zero attached hydrogens (tertiary/aromatic N) is 2. The molecule has 3 rings (SSSR count). The number of amides is 1. The highest BCUT2D eigenvalue weighted by atomic mass is 16.5. The molecular formula is C13H14N4O2. The quantitative estimate of drug-likeness (QED) is 0.857. The number of aromatic nitrogens is 2. The van der Waals surface area contributed by atoms with Crippen molar-refractivity contribution in [3.05, 3.63) is 42.0 Å². The van der Waals surface area contributed by atoms with Gasteiger partial charge in [0.05, 0.1) is 12.5 Å². The van der Waals surface area contributed by atoms with E-state index in [1.54, 1.807) is 0 Å². The Morgan fingerprint density at radius 1 is 1.47 bits per heavy atom. The second-order valence-electron chi connectivity index (χ2n) is 4.50. The molecule has 0 spiro atoms. The van der Waals surface area contributed by atoms with Gasteiger partial charge in [-0.25, -0.2) is 0 Å². The number of anilines is 1. The first-order chi connectivity index (χ1) is 9.33. The van der Waals surface area contributed by atoms with Crippen molar-refractivity contribution in [3.8, 4) is 0 Å². The van der Waals surface area contributed by atoms with Crippen molar-refractivity contribution in [2.45, 2.75) is 13.0 Å². The normalized spacial score (nSPS) is 17.4. The Balaban J connectivity index is 1.60. The number of nitrogens with one attached hydrogen (secondary N) is 2. The van der Waals surface area contributed by atoms with Gasteiger partial charge in [-0.1, -0.05) is 23.4 Å². The van der Waals surface area contributed by atoms with E-state index in [0.717, 1.165) is 12.1 Å². The van der Waals surface area contributed by atoms with E-state index in [9.17, 15) is 4.79 Å². The van der Waals surface area contributed by atoms with E-state index < -0.39 is 0 Å². The molecule has 6 nitrogen and oxygen atoms in total. The lowest BCUT2D eigenvalue weighted by molar-refractivity contribution is -0.124. The van der Waals surface area contributed by atoms with Crippen LogP contribution in [0.1, 0.15) is 11.4 Å². The fraction of sp³-hybridized carbons (Fsp3) is 0.308. The third kappa shape index (κ3) is 2.57. The van der Waals surface area contributed by atoms with Gasteiger partial charge >= 0.3 is 0 Å². The Kier molecular flexibility index (Phi) is 3.14. The largest absolute Gasteiger partial charge is 0.384 e. The maximum atomic E-state index is 12.1. The molecule has 2 aromatic rings. The van der Waals surface area contributed by atoms with Crippen molar-refractivity contribution in [1.29, 1.82) is 0 Å². The van der Waals surface area contributed by atoms with Gasteiger partial charge in [-0.05, 0) is 18.1 Å². The number of hydrogen-bond donors (Lipinski definition) is 2. The number of carbonyl (C=O) groups is 1. The van der Waals surface area contributed by atoms with Crippen LogP contribution in [0.3, 0.4) is 0 Å². The molecule has 0 radical (unpaired) electrons. The van der Waals surface area contributed by atoms with Gasteiger partial charge < -0.3 is 15.2 Å². The molecule has 1 atom stereocenters. The fourth-order valence-corrected chi connectivity index (χ4v) is 2.21. The van der Waals surface area contributed by atoms with Gasteiger partial charge in [0.15, 0.2) is 5.82 Å². The van der Waals surface area contributed by atoms with Crippen molar-refractivity contribution in [3.63, 3.8) is 0 Å². The van der Waals surface area contributed by atoms with Crippen LogP contribution in [0.4, 0.5) is 5.69 Å². The minimum Gasteiger partial charge on any atom is -0.384 e. The lowest BCUT2D eigenvalue weighted by Gasteiger charge is -2.25. The maximum Gasteiger partial charge on any atom is 0.225 e. The third-order valence-electron chi connectivity index (χ3n) is 3.22. The van der Waals surface area contributed by atoms with Crippen molar-refractivity contribution in [2.24, 2.45) is 5.92 Å². The molecular weight excluding hydrogens is 244 g/mol. The standard InChI is InChI=1S/C13H14N4O2/c18-13(15-7-12-16-8-19-17-12)10-5-9-3-1-2-4-11(9)14-6-10/h1-4,8,10,14H,5-7H2,(H,15,18). The van der Waals surface area contributed by atoms with E-state index in [0.29, 0.717) is 18.9 Å². The zero-order valence-corrected chi connectivity index (χ0v) is 10.3. The maximum absolute atomic E-state index is 12.1. The first-order valence-electron chi connectivity index (χ1n) is 6.17. The summed E-state index contributed by atoms with van der Waals surface area (Å²) in [5.74, 6) is 0.422. The Morgan fingerprint density at radius 3 is 3.21 bits per heavy atom.